The van der Waals surface area contributed by atoms with Crippen molar-refractivity contribution in [3.63, 3.8) is 0 Å². The van der Waals surface area contributed by atoms with Crippen LogP contribution in [0.3, 0.4) is 0 Å². The van der Waals surface area contributed by atoms with Crippen LogP contribution in [0.5, 0.6) is 5.75 Å². The highest BCUT2D eigenvalue weighted by Crippen LogP contribution is 2.56. The van der Waals surface area contributed by atoms with E-state index in [2.05, 4.69) is 0 Å². The van der Waals surface area contributed by atoms with E-state index in [0.29, 0.717) is 0 Å². The number of para-hydroxylation sites is 1. The van der Waals surface area contributed by atoms with Crippen LogP contribution in [0.2, 0.25) is 0 Å². The van der Waals surface area contributed by atoms with Crippen molar-refractivity contribution in [3.8, 4) is 5.75 Å². The highest BCUT2D eigenvalue weighted by Gasteiger charge is 2.55. The van der Waals surface area contributed by atoms with Crippen LogP contribution in [-0.4, -0.2) is 18.7 Å². The van der Waals surface area contributed by atoms with Crippen LogP contribution in [0.25, 0.3) is 0 Å². The molecule has 3 nitrogen and oxygen atoms in total. The van der Waals surface area contributed by atoms with E-state index in [9.17, 15) is 9.59 Å². The summed E-state index contributed by atoms with van der Waals surface area (Å²) in [5.74, 6) is 0.871. The minimum atomic E-state index is -0.205. The second-order valence-corrected chi connectivity index (χ2v) is 5.32. The molecule has 0 N–H and O–H groups in total. The summed E-state index contributed by atoms with van der Waals surface area (Å²) in [5.41, 5.74) is 1.04. The molecule has 0 bridgehead atoms. The fraction of sp³-hybridized carbons (Fsp3) is 0.375. The number of carbonyl (C=O) groups excluding carboxylic acids is 2. The third-order valence-corrected chi connectivity index (χ3v) is 4.47. The molecular formula is C16H16O3. The second-order valence-electron chi connectivity index (χ2n) is 5.32. The first-order chi connectivity index (χ1) is 9.15. The lowest BCUT2D eigenvalue weighted by molar-refractivity contribution is -0.141. The smallest absolute Gasteiger partial charge is 0.160 e. The Morgan fingerprint density at radius 2 is 1.58 bits per heavy atom. The number of carbonyl (C=O) groups is 2. The van der Waals surface area contributed by atoms with Gasteiger partial charge in [-0.2, -0.15) is 0 Å². The number of hydrogen-bond acceptors (Lipinski definition) is 3. The fourth-order valence-electron chi connectivity index (χ4n) is 3.55. The molecule has 0 unspecified atom stereocenters. The SMILES string of the molecule is COc1ccccc1[C@@H]1[C@@H](C)[C@H]2C(=O)C=CC(=O)[C@H]21. The molecule has 1 fully saturated rings. The number of ether oxygens (including phenoxy) is 1. The van der Waals surface area contributed by atoms with Gasteiger partial charge in [0, 0.05) is 17.8 Å². The molecule has 0 spiro atoms. The Balaban J connectivity index is 2.01. The van der Waals surface area contributed by atoms with Gasteiger partial charge in [0.25, 0.3) is 0 Å². The zero-order valence-electron chi connectivity index (χ0n) is 11.0. The van der Waals surface area contributed by atoms with Crippen molar-refractivity contribution >= 4 is 11.6 Å². The largest absolute Gasteiger partial charge is 0.496 e. The van der Waals surface area contributed by atoms with Crippen LogP contribution in [0, 0.1) is 17.8 Å². The van der Waals surface area contributed by atoms with Gasteiger partial charge in [0.15, 0.2) is 11.6 Å². The predicted octanol–water partition coefficient (Wildman–Crippen LogP) is 2.37. The van der Waals surface area contributed by atoms with E-state index >= 15 is 0 Å². The molecule has 0 aromatic heterocycles. The standard InChI is InChI=1S/C16H16O3/c1-9-14(10-5-3-4-6-13(10)19-2)16-12(18)8-7-11(17)15(9)16/h3-9,14-16H,1-2H3/t9-,14+,15+,16+/m1/s1. The van der Waals surface area contributed by atoms with Gasteiger partial charge in [-0.15, -0.1) is 0 Å². The maximum absolute atomic E-state index is 12.1. The monoisotopic (exact) mass is 256 g/mol. The molecule has 0 heterocycles. The number of hydrogen-bond donors (Lipinski definition) is 0. The van der Waals surface area contributed by atoms with Gasteiger partial charge >= 0.3 is 0 Å². The van der Waals surface area contributed by atoms with Gasteiger partial charge in [-0.3, -0.25) is 9.59 Å². The molecule has 3 heteroatoms. The highest BCUT2D eigenvalue weighted by atomic mass is 16.5. The Labute approximate surface area is 112 Å². The van der Waals surface area contributed by atoms with E-state index in [1.165, 1.54) is 12.2 Å². The van der Waals surface area contributed by atoms with Gasteiger partial charge in [0.1, 0.15) is 5.75 Å². The number of benzene rings is 1. The van der Waals surface area contributed by atoms with Crippen LogP contribution in [0.1, 0.15) is 18.4 Å². The zero-order chi connectivity index (χ0) is 13.6. The van der Waals surface area contributed by atoms with Crippen LogP contribution < -0.4 is 4.74 Å². The van der Waals surface area contributed by atoms with Gasteiger partial charge in [0.2, 0.25) is 0 Å². The van der Waals surface area contributed by atoms with Crippen molar-refractivity contribution in [1.82, 2.24) is 0 Å². The molecule has 19 heavy (non-hydrogen) atoms. The van der Waals surface area contributed by atoms with Crippen LogP contribution >= 0.6 is 0 Å². The lowest BCUT2D eigenvalue weighted by atomic mass is 9.51. The summed E-state index contributed by atoms with van der Waals surface area (Å²) < 4.78 is 5.38. The summed E-state index contributed by atoms with van der Waals surface area (Å²) in [6.07, 6.45) is 2.86. The third kappa shape index (κ3) is 1.65. The average Bonchev–Trinajstić information content (AvgIpc) is 2.42. The van der Waals surface area contributed by atoms with E-state index in [1.807, 2.05) is 31.2 Å². The lowest BCUT2D eigenvalue weighted by Crippen LogP contribution is -2.52. The normalized spacial score (nSPS) is 32.7. The van der Waals surface area contributed by atoms with Crippen molar-refractivity contribution < 1.29 is 14.3 Å². The number of fused-ring (bicyclic) bond motifs is 1. The summed E-state index contributed by atoms with van der Waals surface area (Å²) in [5, 5.41) is 0. The number of allylic oxidation sites excluding steroid dienone is 2. The molecule has 4 atom stereocenters. The topological polar surface area (TPSA) is 43.4 Å². The van der Waals surface area contributed by atoms with Crippen LogP contribution in [0.4, 0.5) is 0 Å². The van der Waals surface area contributed by atoms with Crippen molar-refractivity contribution in [3.05, 3.63) is 42.0 Å². The molecular weight excluding hydrogens is 240 g/mol. The fourth-order valence-corrected chi connectivity index (χ4v) is 3.55. The molecule has 0 amide bonds. The summed E-state index contributed by atoms with van der Waals surface area (Å²) in [6, 6.07) is 7.76. The maximum Gasteiger partial charge on any atom is 0.160 e. The summed E-state index contributed by atoms with van der Waals surface area (Å²) in [6.45, 7) is 2.04. The van der Waals surface area contributed by atoms with Crippen molar-refractivity contribution in [1.29, 1.82) is 0 Å². The molecule has 0 radical (unpaired) electrons. The summed E-state index contributed by atoms with van der Waals surface area (Å²) in [7, 11) is 1.63. The lowest BCUT2D eigenvalue weighted by Gasteiger charge is -2.50. The second kappa shape index (κ2) is 4.34. The quantitative estimate of drug-likeness (QED) is 0.816. The summed E-state index contributed by atoms with van der Waals surface area (Å²) >= 11 is 0. The van der Waals surface area contributed by atoms with Crippen molar-refractivity contribution in [2.75, 3.05) is 7.11 Å². The van der Waals surface area contributed by atoms with Crippen LogP contribution in [0.15, 0.2) is 36.4 Å². The van der Waals surface area contributed by atoms with E-state index in [0.717, 1.165) is 11.3 Å². The predicted molar refractivity (Wildman–Crippen MR) is 71.0 cm³/mol. The molecule has 1 aromatic rings. The molecule has 3 rings (SSSR count). The van der Waals surface area contributed by atoms with E-state index in [-0.39, 0.29) is 35.2 Å². The first-order valence-corrected chi connectivity index (χ1v) is 6.54. The van der Waals surface area contributed by atoms with Gasteiger partial charge < -0.3 is 4.74 Å². The third-order valence-electron chi connectivity index (χ3n) is 4.47. The highest BCUT2D eigenvalue weighted by molar-refractivity contribution is 6.09. The Bertz CT molecular complexity index is 573. The number of rotatable bonds is 2. The molecule has 0 saturated heterocycles. The Morgan fingerprint density at radius 1 is 0.947 bits per heavy atom. The van der Waals surface area contributed by atoms with E-state index < -0.39 is 0 Å². The zero-order valence-corrected chi connectivity index (χ0v) is 11.0. The first-order valence-electron chi connectivity index (χ1n) is 6.54. The van der Waals surface area contributed by atoms with Crippen molar-refractivity contribution in [2.45, 2.75) is 12.8 Å². The average molecular weight is 256 g/mol. The van der Waals surface area contributed by atoms with E-state index in [1.54, 1.807) is 7.11 Å². The van der Waals surface area contributed by atoms with E-state index in [4.69, 9.17) is 4.74 Å². The van der Waals surface area contributed by atoms with Crippen LogP contribution in [-0.2, 0) is 9.59 Å². The summed E-state index contributed by atoms with van der Waals surface area (Å²) in [4.78, 5) is 23.9. The minimum absolute atomic E-state index is 0.0682. The molecule has 2 aliphatic rings. The Kier molecular flexibility index (Phi) is 2.77. The first kappa shape index (κ1) is 12.2. The molecule has 1 aromatic carbocycles. The molecule has 1 saturated carbocycles. The molecule has 98 valence electrons. The number of ketones is 2. The van der Waals surface area contributed by atoms with Crippen molar-refractivity contribution in [2.24, 2.45) is 17.8 Å². The Hall–Kier alpha value is -1.90. The minimum Gasteiger partial charge on any atom is -0.496 e. The van der Waals surface area contributed by atoms with Gasteiger partial charge in [-0.05, 0) is 29.7 Å². The van der Waals surface area contributed by atoms with Gasteiger partial charge in [-0.1, -0.05) is 25.1 Å². The Morgan fingerprint density at radius 3 is 2.26 bits per heavy atom. The van der Waals surface area contributed by atoms with Gasteiger partial charge in [-0.25, -0.2) is 0 Å². The molecule has 2 aliphatic carbocycles. The van der Waals surface area contributed by atoms with Gasteiger partial charge in [0.05, 0.1) is 7.11 Å². The maximum atomic E-state index is 12.1. The molecule has 0 aliphatic heterocycles. The number of methoxy groups -OCH3 is 1.